The van der Waals surface area contributed by atoms with Gasteiger partial charge in [0.15, 0.2) is 0 Å². The van der Waals surface area contributed by atoms with Gasteiger partial charge in [-0.2, -0.15) is 0 Å². The first-order valence-corrected chi connectivity index (χ1v) is 3.81. The van der Waals surface area contributed by atoms with E-state index in [2.05, 4.69) is 10.1 Å². The Labute approximate surface area is 76.5 Å². The maximum absolute atomic E-state index is 8.39. The van der Waals surface area contributed by atoms with E-state index in [1.807, 2.05) is 12.1 Å². The van der Waals surface area contributed by atoms with Crippen molar-refractivity contribution in [1.82, 2.24) is 9.88 Å². The van der Waals surface area contributed by atoms with E-state index in [0.717, 1.165) is 5.56 Å². The molecule has 0 fully saturated rings. The first-order chi connectivity index (χ1) is 6.24. The van der Waals surface area contributed by atoms with E-state index < -0.39 is 0 Å². The fourth-order valence-electron chi connectivity index (χ4n) is 0.919. The topological polar surface area (TPSA) is 74.7 Å². The minimum atomic E-state index is 0.0943. The predicted octanol–water partition coefficient (Wildman–Crippen LogP) is 0.217. The van der Waals surface area contributed by atoms with Crippen molar-refractivity contribution in [2.75, 3.05) is 7.05 Å². The second-order valence-electron chi connectivity index (χ2n) is 2.67. The second-order valence-corrected chi connectivity index (χ2v) is 2.67. The second kappa shape index (κ2) is 4.30. The van der Waals surface area contributed by atoms with Crippen molar-refractivity contribution in [2.45, 2.75) is 6.54 Å². The maximum atomic E-state index is 8.39. The zero-order chi connectivity index (χ0) is 9.68. The highest BCUT2D eigenvalue weighted by Gasteiger charge is 2.01. The van der Waals surface area contributed by atoms with Crippen LogP contribution < -0.4 is 5.73 Å². The largest absolute Gasteiger partial charge is 0.408 e. The Morgan fingerprint density at radius 3 is 2.77 bits per heavy atom. The normalized spacial score (nSPS) is 11.3. The average molecular weight is 180 g/mol. The van der Waals surface area contributed by atoms with Crippen LogP contribution in [0, 0.1) is 0 Å². The van der Waals surface area contributed by atoms with Gasteiger partial charge in [-0.05, 0) is 17.7 Å². The fourth-order valence-corrected chi connectivity index (χ4v) is 0.919. The van der Waals surface area contributed by atoms with Crippen LogP contribution in [0.25, 0.3) is 0 Å². The lowest BCUT2D eigenvalue weighted by Crippen LogP contribution is -2.33. The molecule has 0 amide bonds. The van der Waals surface area contributed by atoms with E-state index in [4.69, 9.17) is 10.9 Å². The van der Waals surface area contributed by atoms with E-state index in [-0.39, 0.29) is 5.96 Å². The molecule has 5 nitrogen and oxygen atoms in total. The van der Waals surface area contributed by atoms with Crippen molar-refractivity contribution in [1.29, 1.82) is 0 Å². The number of aromatic nitrogens is 1. The van der Waals surface area contributed by atoms with Crippen molar-refractivity contribution in [3.63, 3.8) is 0 Å². The number of hydrogen-bond donors (Lipinski definition) is 2. The number of nitrogens with zero attached hydrogens (tertiary/aromatic N) is 3. The Morgan fingerprint density at radius 1 is 1.62 bits per heavy atom. The summed E-state index contributed by atoms with van der Waals surface area (Å²) in [6.07, 6.45) is 3.41. The highest BCUT2D eigenvalue weighted by Crippen LogP contribution is 1.99. The van der Waals surface area contributed by atoms with Gasteiger partial charge in [-0.15, -0.1) is 0 Å². The van der Waals surface area contributed by atoms with Gasteiger partial charge in [-0.1, -0.05) is 5.16 Å². The molecular weight excluding hydrogens is 168 g/mol. The fraction of sp³-hybridized carbons (Fsp3) is 0.250. The van der Waals surface area contributed by atoms with Crippen LogP contribution in [-0.2, 0) is 6.54 Å². The molecule has 1 rings (SSSR count). The highest BCUT2D eigenvalue weighted by atomic mass is 16.4. The molecule has 5 heteroatoms. The average Bonchev–Trinajstić information content (AvgIpc) is 2.18. The number of guanidine groups is 1. The van der Waals surface area contributed by atoms with Crippen molar-refractivity contribution in [3.8, 4) is 0 Å². The molecule has 1 aromatic heterocycles. The lowest BCUT2D eigenvalue weighted by molar-refractivity contribution is 0.304. The molecule has 0 aromatic carbocycles. The van der Waals surface area contributed by atoms with Crippen LogP contribution >= 0.6 is 0 Å². The highest BCUT2D eigenvalue weighted by molar-refractivity contribution is 5.76. The summed E-state index contributed by atoms with van der Waals surface area (Å²) in [6, 6.07) is 3.75. The lowest BCUT2D eigenvalue weighted by atomic mass is 10.2. The molecule has 0 aliphatic carbocycles. The number of oxime groups is 1. The van der Waals surface area contributed by atoms with Crippen molar-refractivity contribution in [3.05, 3.63) is 30.1 Å². The Hall–Kier alpha value is -1.78. The summed E-state index contributed by atoms with van der Waals surface area (Å²) in [6.45, 7) is 0.596. The van der Waals surface area contributed by atoms with Crippen LogP contribution in [-0.4, -0.2) is 28.1 Å². The first kappa shape index (κ1) is 9.31. The van der Waals surface area contributed by atoms with E-state index in [1.165, 1.54) is 0 Å². The quantitative estimate of drug-likeness (QED) is 0.295. The zero-order valence-electron chi connectivity index (χ0n) is 7.38. The van der Waals surface area contributed by atoms with Gasteiger partial charge in [0.1, 0.15) is 0 Å². The van der Waals surface area contributed by atoms with E-state index in [1.54, 1.807) is 24.3 Å². The van der Waals surface area contributed by atoms with Gasteiger partial charge in [0.05, 0.1) is 0 Å². The Morgan fingerprint density at radius 2 is 2.23 bits per heavy atom. The third-order valence-electron chi connectivity index (χ3n) is 1.66. The summed E-state index contributed by atoms with van der Waals surface area (Å²) in [5.74, 6) is 0.0943. The van der Waals surface area contributed by atoms with Gasteiger partial charge in [0.25, 0.3) is 0 Å². The monoisotopic (exact) mass is 180 g/mol. The SMILES string of the molecule is CN(Cc1ccncc1)/C(N)=N/O. The summed E-state index contributed by atoms with van der Waals surface area (Å²) in [5.41, 5.74) is 6.43. The van der Waals surface area contributed by atoms with Crippen molar-refractivity contribution in [2.24, 2.45) is 10.9 Å². The van der Waals surface area contributed by atoms with Gasteiger partial charge in [0.2, 0.25) is 5.96 Å². The molecule has 0 aliphatic heterocycles. The molecule has 0 saturated heterocycles. The molecule has 0 aliphatic rings. The maximum Gasteiger partial charge on any atom is 0.233 e. The number of nitrogens with two attached hydrogens (primary N) is 1. The Kier molecular flexibility index (Phi) is 3.08. The van der Waals surface area contributed by atoms with Crippen LogP contribution in [0.3, 0.4) is 0 Å². The molecule has 0 spiro atoms. The smallest absolute Gasteiger partial charge is 0.233 e. The molecular formula is C8H12N4O. The van der Waals surface area contributed by atoms with Crippen molar-refractivity contribution >= 4 is 5.96 Å². The van der Waals surface area contributed by atoms with Crippen molar-refractivity contribution < 1.29 is 5.21 Å². The summed E-state index contributed by atoms with van der Waals surface area (Å²) >= 11 is 0. The van der Waals surface area contributed by atoms with Gasteiger partial charge in [-0.25, -0.2) is 0 Å². The van der Waals surface area contributed by atoms with Gasteiger partial charge in [0, 0.05) is 26.0 Å². The molecule has 3 N–H and O–H groups in total. The molecule has 1 aromatic rings. The summed E-state index contributed by atoms with van der Waals surface area (Å²) < 4.78 is 0. The number of hydrogen-bond acceptors (Lipinski definition) is 3. The molecule has 0 unspecified atom stereocenters. The molecule has 70 valence electrons. The third-order valence-corrected chi connectivity index (χ3v) is 1.66. The van der Waals surface area contributed by atoms with Gasteiger partial charge >= 0.3 is 0 Å². The zero-order valence-corrected chi connectivity index (χ0v) is 7.38. The minimum Gasteiger partial charge on any atom is -0.408 e. The first-order valence-electron chi connectivity index (χ1n) is 3.81. The van der Waals surface area contributed by atoms with E-state index >= 15 is 0 Å². The van der Waals surface area contributed by atoms with Gasteiger partial charge < -0.3 is 15.8 Å². The standard InChI is InChI=1S/C8H12N4O/c1-12(8(9)11-13)6-7-2-4-10-5-3-7/h2-5,13H,6H2,1H3,(H2,9,11). The molecule has 0 saturated carbocycles. The summed E-state index contributed by atoms with van der Waals surface area (Å²) in [5, 5.41) is 11.3. The molecule has 1 heterocycles. The predicted molar refractivity (Wildman–Crippen MR) is 49.1 cm³/mol. The van der Waals surface area contributed by atoms with E-state index in [9.17, 15) is 0 Å². The van der Waals surface area contributed by atoms with Crippen LogP contribution in [0.1, 0.15) is 5.56 Å². The minimum absolute atomic E-state index is 0.0943. The van der Waals surface area contributed by atoms with Crippen LogP contribution in [0.4, 0.5) is 0 Å². The van der Waals surface area contributed by atoms with Crippen LogP contribution in [0.2, 0.25) is 0 Å². The summed E-state index contributed by atoms with van der Waals surface area (Å²) in [4.78, 5) is 5.52. The van der Waals surface area contributed by atoms with Crippen LogP contribution in [0.5, 0.6) is 0 Å². The summed E-state index contributed by atoms with van der Waals surface area (Å²) in [7, 11) is 1.75. The van der Waals surface area contributed by atoms with Crippen LogP contribution in [0.15, 0.2) is 29.7 Å². The molecule has 0 radical (unpaired) electrons. The third kappa shape index (κ3) is 2.62. The molecule has 0 atom stereocenters. The molecule has 0 bridgehead atoms. The Balaban J connectivity index is 2.60. The lowest BCUT2D eigenvalue weighted by Gasteiger charge is -2.15. The Bertz CT molecular complexity index is 285. The van der Waals surface area contributed by atoms with Gasteiger partial charge in [-0.3, -0.25) is 4.98 Å². The molecule has 13 heavy (non-hydrogen) atoms. The number of pyridine rings is 1. The number of rotatable bonds is 2. The van der Waals surface area contributed by atoms with E-state index in [0.29, 0.717) is 6.54 Å².